The number of carbonyl (C=O) groups excluding carboxylic acids is 1. The van der Waals surface area contributed by atoms with Crippen LogP contribution in [0.2, 0.25) is 0 Å². The van der Waals surface area contributed by atoms with Gasteiger partial charge in [0.15, 0.2) is 0 Å². The van der Waals surface area contributed by atoms with Crippen molar-refractivity contribution in [2.45, 2.75) is 31.7 Å². The summed E-state index contributed by atoms with van der Waals surface area (Å²) in [5.74, 6) is 0.0762. The first kappa shape index (κ1) is 18.7. The van der Waals surface area contributed by atoms with Crippen LogP contribution < -0.4 is 4.90 Å². The van der Waals surface area contributed by atoms with Crippen LogP contribution in [0.3, 0.4) is 0 Å². The quantitative estimate of drug-likeness (QED) is 0.807. The van der Waals surface area contributed by atoms with Gasteiger partial charge in [-0.25, -0.2) is 4.39 Å². The number of hydrogen-bond donors (Lipinski definition) is 0. The summed E-state index contributed by atoms with van der Waals surface area (Å²) >= 11 is 0. The number of halogens is 1. The molecule has 1 aliphatic carbocycles. The third-order valence-corrected chi connectivity index (χ3v) is 6.43. The van der Waals surface area contributed by atoms with Crippen LogP contribution in [0.4, 0.5) is 10.1 Å². The van der Waals surface area contributed by atoms with Crippen molar-refractivity contribution >= 4 is 11.6 Å². The summed E-state index contributed by atoms with van der Waals surface area (Å²) in [6.45, 7) is 7.89. The second-order valence-corrected chi connectivity index (χ2v) is 8.09. The Morgan fingerprint density at radius 1 is 0.889 bits per heavy atom. The topological polar surface area (TPSA) is 30.0 Å². The zero-order valence-corrected chi connectivity index (χ0v) is 16.2. The molecule has 2 aliphatic heterocycles. The predicted molar refractivity (Wildman–Crippen MR) is 105 cm³/mol. The van der Waals surface area contributed by atoms with Crippen molar-refractivity contribution in [1.82, 2.24) is 14.7 Å². The number of benzene rings is 1. The van der Waals surface area contributed by atoms with Crippen molar-refractivity contribution in [3.05, 3.63) is 30.1 Å². The van der Waals surface area contributed by atoms with Gasteiger partial charge in [-0.1, -0.05) is 12.8 Å². The maximum absolute atomic E-state index is 13.1. The van der Waals surface area contributed by atoms with Crippen LogP contribution in [-0.4, -0.2) is 85.6 Å². The van der Waals surface area contributed by atoms with E-state index in [0.717, 1.165) is 64.1 Å². The lowest BCUT2D eigenvalue weighted by Crippen LogP contribution is -2.55. The van der Waals surface area contributed by atoms with Gasteiger partial charge in [0, 0.05) is 64.1 Å². The maximum Gasteiger partial charge on any atom is 0.236 e. The molecule has 148 valence electrons. The smallest absolute Gasteiger partial charge is 0.236 e. The largest absolute Gasteiger partial charge is 0.369 e. The molecule has 0 unspecified atom stereocenters. The minimum Gasteiger partial charge on any atom is -0.369 e. The van der Waals surface area contributed by atoms with Gasteiger partial charge < -0.3 is 9.80 Å². The Hall–Kier alpha value is -1.66. The molecule has 0 atom stereocenters. The van der Waals surface area contributed by atoms with E-state index in [1.165, 1.54) is 37.8 Å². The van der Waals surface area contributed by atoms with Crippen molar-refractivity contribution in [1.29, 1.82) is 0 Å². The Balaban J connectivity index is 1.20. The van der Waals surface area contributed by atoms with E-state index in [4.69, 9.17) is 0 Å². The molecule has 6 heteroatoms. The Bertz CT molecular complexity index is 616. The zero-order chi connectivity index (χ0) is 18.6. The Morgan fingerprint density at radius 2 is 1.52 bits per heavy atom. The van der Waals surface area contributed by atoms with Crippen LogP contribution in [0.5, 0.6) is 0 Å². The highest BCUT2D eigenvalue weighted by molar-refractivity contribution is 5.78. The minimum absolute atomic E-state index is 0.198. The lowest BCUT2D eigenvalue weighted by Gasteiger charge is -2.40. The lowest BCUT2D eigenvalue weighted by molar-refractivity contribution is -0.134. The van der Waals surface area contributed by atoms with Gasteiger partial charge >= 0.3 is 0 Å². The second kappa shape index (κ2) is 8.57. The van der Waals surface area contributed by atoms with Crippen LogP contribution in [0.25, 0.3) is 0 Å². The van der Waals surface area contributed by atoms with Crippen molar-refractivity contribution in [2.24, 2.45) is 0 Å². The summed E-state index contributed by atoms with van der Waals surface area (Å²) in [6, 6.07) is 7.45. The third kappa shape index (κ3) is 4.61. The average Bonchev–Trinajstić information content (AvgIpc) is 3.24. The van der Waals surface area contributed by atoms with Gasteiger partial charge in [-0.3, -0.25) is 14.6 Å². The van der Waals surface area contributed by atoms with Crippen LogP contribution >= 0.6 is 0 Å². The summed E-state index contributed by atoms with van der Waals surface area (Å²) in [5.41, 5.74) is 1.06. The molecule has 1 aromatic rings. The molecule has 2 heterocycles. The fourth-order valence-electron chi connectivity index (χ4n) is 4.71. The highest BCUT2D eigenvalue weighted by Crippen LogP contribution is 2.24. The lowest BCUT2D eigenvalue weighted by atomic mass is 10.2. The number of amides is 1. The van der Waals surface area contributed by atoms with E-state index in [0.29, 0.717) is 6.54 Å². The predicted octanol–water partition coefficient (Wildman–Crippen LogP) is 2.03. The summed E-state index contributed by atoms with van der Waals surface area (Å²) in [7, 11) is 0. The minimum atomic E-state index is -0.198. The zero-order valence-electron chi connectivity index (χ0n) is 16.2. The molecule has 3 aliphatic rings. The van der Waals surface area contributed by atoms with E-state index in [9.17, 15) is 9.18 Å². The first-order chi connectivity index (χ1) is 13.2. The summed E-state index contributed by atoms with van der Waals surface area (Å²) in [4.78, 5) is 21.9. The summed E-state index contributed by atoms with van der Waals surface area (Å²) in [6.07, 6.45) is 5.42. The molecule has 1 amide bonds. The first-order valence-electron chi connectivity index (χ1n) is 10.4. The molecule has 5 nitrogen and oxygen atoms in total. The van der Waals surface area contributed by atoms with Gasteiger partial charge in [0.25, 0.3) is 0 Å². The SMILES string of the molecule is O=C(CN1CCN(c2ccc(F)cc2)CC1)N1CCN(C2CCCC2)CC1. The number of nitrogens with zero attached hydrogens (tertiary/aromatic N) is 4. The van der Waals surface area contributed by atoms with E-state index < -0.39 is 0 Å². The third-order valence-electron chi connectivity index (χ3n) is 6.43. The van der Waals surface area contributed by atoms with E-state index in [2.05, 4.69) is 19.6 Å². The number of carbonyl (C=O) groups is 1. The number of hydrogen-bond acceptors (Lipinski definition) is 4. The molecule has 0 spiro atoms. The Kier molecular flexibility index (Phi) is 5.93. The van der Waals surface area contributed by atoms with E-state index in [1.807, 2.05) is 12.1 Å². The second-order valence-electron chi connectivity index (χ2n) is 8.09. The molecular formula is C21H31FN4O. The van der Waals surface area contributed by atoms with Gasteiger partial charge in [-0.2, -0.15) is 0 Å². The molecule has 0 N–H and O–H groups in total. The summed E-state index contributed by atoms with van der Waals surface area (Å²) < 4.78 is 13.1. The fourth-order valence-corrected chi connectivity index (χ4v) is 4.71. The van der Waals surface area contributed by atoms with Gasteiger partial charge in [-0.05, 0) is 37.1 Å². The molecular weight excluding hydrogens is 343 g/mol. The van der Waals surface area contributed by atoms with Gasteiger partial charge in [0.2, 0.25) is 5.91 Å². The molecule has 3 fully saturated rings. The van der Waals surface area contributed by atoms with Crippen LogP contribution in [0.1, 0.15) is 25.7 Å². The number of piperazine rings is 2. The average molecular weight is 375 g/mol. The maximum atomic E-state index is 13.1. The normalized spacial score (nSPS) is 23.1. The molecule has 1 saturated carbocycles. The van der Waals surface area contributed by atoms with E-state index in [1.54, 1.807) is 0 Å². The Labute approximate surface area is 161 Å². The first-order valence-corrected chi connectivity index (χ1v) is 10.4. The molecule has 0 aromatic heterocycles. The monoisotopic (exact) mass is 374 g/mol. The highest BCUT2D eigenvalue weighted by Gasteiger charge is 2.29. The van der Waals surface area contributed by atoms with E-state index in [-0.39, 0.29) is 11.7 Å². The van der Waals surface area contributed by atoms with Gasteiger partial charge in [0.05, 0.1) is 6.54 Å². The number of rotatable bonds is 4. The molecule has 4 rings (SSSR count). The molecule has 27 heavy (non-hydrogen) atoms. The van der Waals surface area contributed by atoms with E-state index >= 15 is 0 Å². The summed E-state index contributed by atoms with van der Waals surface area (Å²) in [5, 5.41) is 0. The highest BCUT2D eigenvalue weighted by atomic mass is 19.1. The molecule has 1 aromatic carbocycles. The molecule has 0 bridgehead atoms. The van der Waals surface area contributed by atoms with Crippen LogP contribution in [0.15, 0.2) is 24.3 Å². The fraction of sp³-hybridized carbons (Fsp3) is 0.667. The van der Waals surface area contributed by atoms with Crippen LogP contribution in [-0.2, 0) is 4.79 Å². The Morgan fingerprint density at radius 3 is 2.15 bits per heavy atom. The molecule has 2 saturated heterocycles. The van der Waals surface area contributed by atoms with Gasteiger partial charge in [0.1, 0.15) is 5.82 Å². The van der Waals surface area contributed by atoms with Gasteiger partial charge in [-0.15, -0.1) is 0 Å². The van der Waals surface area contributed by atoms with Crippen molar-refractivity contribution < 1.29 is 9.18 Å². The number of anilines is 1. The standard InChI is InChI=1S/C21H31FN4O/c22-18-5-7-20(8-6-18)24-11-9-23(10-12-24)17-21(27)26-15-13-25(14-16-26)19-3-1-2-4-19/h5-8,19H,1-4,9-17H2. The van der Waals surface area contributed by atoms with Crippen molar-refractivity contribution in [3.8, 4) is 0 Å². The molecule has 0 radical (unpaired) electrons. The van der Waals surface area contributed by atoms with Crippen LogP contribution in [0, 0.1) is 5.82 Å². The van der Waals surface area contributed by atoms with Crippen molar-refractivity contribution in [2.75, 3.05) is 63.8 Å². The van der Waals surface area contributed by atoms with Crippen molar-refractivity contribution in [3.63, 3.8) is 0 Å².